The normalized spacial score (nSPS) is 12.1. The molecule has 15 heavy (non-hydrogen) atoms. The van der Waals surface area contributed by atoms with Gasteiger partial charge in [0.25, 0.3) is 15.5 Å². The van der Waals surface area contributed by atoms with Crippen molar-refractivity contribution in [2.45, 2.75) is 18.4 Å². The van der Waals surface area contributed by atoms with Crippen molar-refractivity contribution in [1.82, 2.24) is 4.98 Å². The first-order valence-electron chi connectivity index (χ1n) is 3.63. The van der Waals surface area contributed by atoms with Crippen molar-refractivity contribution in [1.29, 1.82) is 0 Å². The van der Waals surface area contributed by atoms with Crippen LogP contribution in [0, 0.1) is 12.7 Å². The lowest BCUT2D eigenvalue weighted by molar-refractivity contribution is 0.139. The second-order valence-corrected chi connectivity index (χ2v) is 5.23. The molecule has 3 nitrogen and oxygen atoms in total. The van der Waals surface area contributed by atoms with Gasteiger partial charge in [0, 0.05) is 10.7 Å². The van der Waals surface area contributed by atoms with Crippen molar-refractivity contribution >= 4 is 19.7 Å². The number of pyridine rings is 1. The Morgan fingerprint density at radius 2 is 2.00 bits per heavy atom. The molecule has 0 spiro atoms. The number of halogens is 4. The Balaban J connectivity index is 3.50. The lowest BCUT2D eigenvalue weighted by Gasteiger charge is -2.05. The van der Waals surface area contributed by atoms with Crippen LogP contribution in [0.2, 0.25) is 0 Å². The highest BCUT2D eigenvalue weighted by Crippen LogP contribution is 2.25. The van der Waals surface area contributed by atoms with Gasteiger partial charge in [-0.25, -0.2) is 26.6 Å². The molecular weight excluding hydrogens is 255 g/mol. The molecule has 0 aromatic carbocycles. The van der Waals surface area contributed by atoms with Gasteiger partial charge in [0.05, 0.1) is 0 Å². The summed E-state index contributed by atoms with van der Waals surface area (Å²) in [6, 6.07) is 0.795. The maximum Gasteiger partial charge on any atom is 0.283 e. The van der Waals surface area contributed by atoms with Gasteiger partial charge in [-0.2, -0.15) is 0 Å². The number of alkyl halides is 2. The minimum atomic E-state index is -4.24. The highest BCUT2D eigenvalue weighted by molar-refractivity contribution is 8.13. The SMILES string of the molecule is Cc1cc(S(=O)(=O)Cl)nc(C(F)F)c1F. The fourth-order valence-corrected chi connectivity index (χ4v) is 1.68. The fraction of sp³-hybridized carbons (Fsp3) is 0.286. The summed E-state index contributed by atoms with van der Waals surface area (Å²) >= 11 is 0. The monoisotopic (exact) mass is 259 g/mol. The predicted molar refractivity (Wildman–Crippen MR) is 46.9 cm³/mol. The molecule has 0 fully saturated rings. The largest absolute Gasteiger partial charge is 0.283 e. The molecule has 0 amide bonds. The second kappa shape index (κ2) is 3.97. The maximum atomic E-state index is 13.0. The first-order valence-corrected chi connectivity index (χ1v) is 5.94. The zero-order valence-corrected chi connectivity index (χ0v) is 8.91. The summed E-state index contributed by atoms with van der Waals surface area (Å²) in [6.45, 7) is 1.15. The van der Waals surface area contributed by atoms with Crippen molar-refractivity contribution in [3.8, 4) is 0 Å². The van der Waals surface area contributed by atoms with E-state index in [4.69, 9.17) is 10.7 Å². The molecule has 0 radical (unpaired) electrons. The minimum absolute atomic E-state index is 0.250. The van der Waals surface area contributed by atoms with E-state index < -0.39 is 32.0 Å². The summed E-state index contributed by atoms with van der Waals surface area (Å²) in [7, 11) is 0.665. The summed E-state index contributed by atoms with van der Waals surface area (Å²) in [5.41, 5.74) is -1.46. The van der Waals surface area contributed by atoms with Crippen molar-refractivity contribution < 1.29 is 21.6 Å². The topological polar surface area (TPSA) is 47.0 Å². The van der Waals surface area contributed by atoms with Gasteiger partial charge in [-0.05, 0) is 18.6 Å². The van der Waals surface area contributed by atoms with Crippen LogP contribution in [0.25, 0.3) is 0 Å². The number of hydrogen-bond donors (Lipinski definition) is 0. The molecule has 8 heteroatoms. The van der Waals surface area contributed by atoms with Gasteiger partial charge >= 0.3 is 0 Å². The van der Waals surface area contributed by atoms with Crippen LogP contribution in [0.1, 0.15) is 17.7 Å². The third kappa shape index (κ3) is 2.60. The van der Waals surface area contributed by atoms with Gasteiger partial charge in [0.2, 0.25) is 0 Å². The van der Waals surface area contributed by atoms with E-state index in [1.807, 2.05) is 0 Å². The van der Waals surface area contributed by atoms with Crippen molar-refractivity contribution in [2.24, 2.45) is 0 Å². The lowest BCUT2D eigenvalue weighted by atomic mass is 10.2. The Morgan fingerprint density at radius 1 is 1.47 bits per heavy atom. The van der Waals surface area contributed by atoms with Crippen LogP contribution < -0.4 is 0 Å². The molecule has 0 aliphatic carbocycles. The van der Waals surface area contributed by atoms with E-state index >= 15 is 0 Å². The van der Waals surface area contributed by atoms with Crippen LogP contribution >= 0.6 is 10.7 Å². The Labute approximate surface area is 88.3 Å². The second-order valence-electron chi connectivity index (χ2n) is 2.72. The summed E-state index contributed by atoms with van der Waals surface area (Å²) in [4.78, 5) is 2.96. The Bertz CT molecular complexity index is 489. The summed E-state index contributed by atoms with van der Waals surface area (Å²) in [5.74, 6) is -1.23. The molecule has 0 saturated heterocycles. The van der Waals surface area contributed by atoms with Crippen LogP contribution in [-0.2, 0) is 9.05 Å². The summed E-state index contributed by atoms with van der Waals surface area (Å²) in [5, 5.41) is -0.779. The third-order valence-electron chi connectivity index (χ3n) is 1.60. The van der Waals surface area contributed by atoms with E-state index in [0.29, 0.717) is 0 Å². The highest BCUT2D eigenvalue weighted by atomic mass is 35.7. The van der Waals surface area contributed by atoms with Crippen LogP contribution in [0.15, 0.2) is 11.1 Å². The number of aryl methyl sites for hydroxylation is 1. The smallest absolute Gasteiger partial charge is 0.231 e. The maximum absolute atomic E-state index is 13.0. The molecule has 0 aliphatic rings. The van der Waals surface area contributed by atoms with Gasteiger partial charge in [-0.3, -0.25) is 0 Å². The van der Waals surface area contributed by atoms with Gasteiger partial charge in [0.1, 0.15) is 5.69 Å². The quantitative estimate of drug-likeness (QED) is 0.766. The molecular formula is C7H5ClF3NO2S. The molecule has 0 unspecified atom stereocenters. The minimum Gasteiger partial charge on any atom is -0.231 e. The van der Waals surface area contributed by atoms with Crippen molar-refractivity contribution in [3.63, 3.8) is 0 Å². The standard InChI is InChI=1S/C7H5ClF3NO2S/c1-3-2-4(15(8,13)14)12-6(5(3)9)7(10)11/h2,7H,1H3. The molecule has 0 saturated carbocycles. The van der Waals surface area contributed by atoms with Crippen LogP contribution in [0.5, 0.6) is 0 Å². The van der Waals surface area contributed by atoms with Gasteiger partial charge in [0.15, 0.2) is 10.8 Å². The Hall–Kier alpha value is -0.820. The molecule has 0 atom stereocenters. The van der Waals surface area contributed by atoms with E-state index in [1.165, 1.54) is 0 Å². The van der Waals surface area contributed by atoms with Crippen LogP contribution in [0.4, 0.5) is 13.2 Å². The van der Waals surface area contributed by atoms with E-state index in [1.54, 1.807) is 0 Å². The van der Waals surface area contributed by atoms with Crippen molar-refractivity contribution in [2.75, 3.05) is 0 Å². The van der Waals surface area contributed by atoms with Gasteiger partial charge < -0.3 is 0 Å². The molecule has 0 N–H and O–H groups in total. The molecule has 1 rings (SSSR count). The van der Waals surface area contributed by atoms with E-state index in [-0.39, 0.29) is 5.56 Å². The number of rotatable bonds is 2. The first kappa shape index (κ1) is 12.3. The summed E-state index contributed by atoms with van der Waals surface area (Å²) < 4.78 is 59.1. The zero-order valence-electron chi connectivity index (χ0n) is 7.34. The van der Waals surface area contributed by atoms with Crippen LogP contribution in [0.3, 0.4) is 0 Å². The van der Waals surface area contributed by atoms with E-state index in [9.17, 15) is 21.6 Å². The first-order chi connectivity index (χ1) is 6.73. The average molecular weight is 260 g/mol. The highest BCUT2D eigenvalue weighted by Gasteiger charge is 2.22. The molecule has 0 bridgehead atoms. The van der Waals surface area contributed by atoms with Crippen LogP contribution in [-0.4, -0.2) is 13.4 Å². The predicted octanol–water partition coefficient (Wildman–Crippen LogP) is 2.39. The summed E-state index contributed by atoms with van der Waals surface area (Å²) in [6.07, 6.45) is -3.19. The molecule has 1 aromatic heterocycles. The third-order valence-corrected chi connectivity index (χ3v) is 2.78. The van der Waals surface area contributed by atoms with Crippen molar-refractivity contribution in [3.05, 3.63) is 23.1 Å². The van der Waals surface area contributed by atoms with E-state index in [2.05, 4.69) is 4.98 Å². The molecule has 0 aliphatic heterocycles. The van der Waals surface area contributed by atoms with Gasteiger partial charge in [-0.1, -0.05) is 0 Å². The number of hydrogen-bond acceptors (Lipinski definition) is 3. The fourth-order valence-electron chi connectivity index (χ4n) is 0.920. The molecule has 84 valence electrons. The Kier molecular flexibility index (Phi) is 3.25. The average Bonchev–Trinajstić information content (AvgIpc) is 2.06. The van der Waals surface area contributed by atoms with E-state index in [0.717, 1.165) is 13.0 Å². The lowest BCUT2D eigenvalue weighted by Crippen LogP contribution is -2.04. The van der Waals surface area contributed by atoms with Gasteiger partial charge in [-0.15, -0.1) is 0 Å². The molecule has 1 heterocycles. The number of nitrogens with zero attached hydrogens (tertiary/aromatic N) is 1. The molecule has 1 aromatic rings. The Morgan fingerprint density at radius 3 is 2.40 bits per heavy atom. The zero-order chi connectivity index (χ0) is 11.8. The number of aromatic nitrogens is 1.